The minimum absolute atomic E-state index is 0.298. The maximum Gasteiger partial charge on any atom is 0.0101 e. The molecule has 0 fully saturated rings. The number of unbranched alkanes of at least 4 members (excludes halogenated alkanes) is 11. The summed E-state index contributed by atoms with van der Waals surface area (Å²) in [6.07, 6.45) is 60.9. The Hall–Kier alpha value is 2.80. The lowest BCUT2D eigenvalue weighted by Crippen LogP contribution is -2.15. The van der Waals surface area contributed by atoms with Gasteiger partial charge in [0.05, 0.1) is 0 Å². The summed E-state index contributed by atoms with van der Waals surface area (Å²) < 4.78 is 0.298. The highest BCUT2D eigenvalue weighted by molar-refractivity contribution is 7.82. The van der Waals surface area contributed by atoms with Gasteiger partial charge >= 0.3 is 0 Å². The van der Waals surface area contributed by atoms with Crippen molar-refractivity contribution in [2.24, 2.45) is 41.4 Å². The molecule has 0 aliphatic carbocycles. The van der Waals surface area contributed by atoms with E-state index in [9.17, 15) is 0 Å². The molecule has 0 saturated carbocycles. The lowest BCUT2D eigenvalue weighted by atomic mass is 9.94. The fraction of sp³-hybridized carbons (Fsp3) is 1.00. The standard InChI is InChI=1S/8C10H22S/c1-4-5-6-9(2)7-8-10(3)11;1-4-6-7-10(5-2)8-9(3)11;1-4-6-8-10(3,11)9-7-5-2;1-4-6-8-10(7-5-2)9(3)11;1-3-4-7-10(2)8-5-6-9-11;1-3-5-7-10(4-2)8-6-9-11;1-3-5-7-10(6-4-2)8-9-11;1-3-5-7-10(9-11)8-6-4-2/h2*9-11H,4-8H2,1-3H3;11H,4-9H2,1-3H3;9-11H,4-8H2,1-3H3;4*10-11H,3-9H2,1-2H3/t;;;;10-;;;/m....0.../s1. The first kappa shape index (κ1) is 107. The molecule has 0 aromatic carbocycles. The Morgan fingerprint density at radius 2 is 0.636 bits per heavy atom. The Bertz CT molecular complexity index is 1060. The molecular weight excluding hydrogens is 1220 g/mol. The molecule has 8 heteroatoms. The van der Waals surface area contributed by atoms with E-state index in [1.165, 1.54) is 289 Å². The highest BCUT2D eigenvalue weighted by atomic mass is 32.1. The van der Waals surface area contributed by atoms with Gasteiger partial charge in [-0.2, -0.15) is 101 Å². The quantitative estimate of drug-likeness (QED) is 0.0216. The topological polar surface area (TPSA) is 0 Å². The maximum atomic E-state index is 4.65. The first-order chi connectivity index (χ1) is 42.1. The van der Waals surface area contributed by atoms with Crippen LogP contribution in [0.4, 0.5) is 0 Å². The van der Waals surface area contributed by atoms with Crippen molar-refractivity contribution in [1.82, 2.24) is 0 Å². The van der Waals surface area contributed by atoms with E-state index < -0.39 is 0 Å². The van der Waals surface area contributed by atoms with Crippen molar-refractivity contribution in [1.29, 1.82) is 0 Å². The van der Waals surface area contributed by atoms with Crippen molar-refractivity contribution in [3.8, 4) is 0 Å². The molecule has 0 nitrogen and oxygen atoms in total. The lowest BCUT2D eigenvalue weighted by molar-refractivity contribution is 0.419. The van der Waals surface area contributed by atoms with Gasteiger partial charge in [-0.3, -0.25) is 0 Å². The van der Waals surface area contributed by atoms with Crippen LogP contribution in [0.1, 0.15) is 427 Å². The van der Waals surface area contributed by atoms with Crippen molar-refractivity contribution in [3.63, 3.8) is 0 Å². The van der Waals surface area contributed by atoms with Gasteiger partial charge in [-0.15, -0.1) is 0 Å². The predicted octanol–water partition coefficient (Wildman–Crippen LogP) is 31.4. The highest BCUT2D eigenvalue weighted by Gasteiger charge is 2.17. The van der Waals surface area contributed by atoms with Gasteiger partial charge in [-0.1, -0.05) is 344 Å². The van der Waals surface area contributed by atoms with E-state index in [2.05, 4.69) is 240 Å². The van der Waals surface area contributed by atoms with E-state index in [1.807, 2.05) is 0 Å². The molecule has 0 aliphatic rings. The van der Waals surface area contributed by atoms with Crippen LogP contribution in [-0.4, -0.2) is 43.5 Å². The van der Waals surface area contributed by atoms with Crippen LogP contribution in [0.5, 0.6) is 0 Å². The van der Waals surface area contributed by atoms with E-state index in [0.717, 1.165) is 64.4 Å². The third kappa shape index (κ3) is 102. The average Bonchev–Trinajstić information content (AvgIpc) is 3.53. The number of rotatable bonds is 52. The van der Waals surface area contributed by atoms with Crippen LogP contribution >= 0.6 is 101 Å². The largest absolute Gasteiger partial charge is 0.179 e. The van der Waals surface area contributed by atoms with Crippen LogP contribution in [0.3, 0.4) is 0 Å². The molecule has 0 amide bonds. The molecule has 0 aromatic heterocycles. The van der Waals surface area contributed by atoms with Crippen molar-refractivity contribution in [3.05, 3.63) is 0 Å². The van der Waals surface area contributed by atoms with Crippen LogP contribution in [0.15, 0.2) is 0 Å². The van der Waals surface area contributed by atoms with Crippen LogP contribution in [-0.2, 0) is 0 Å². The SMILES string of the molecule is CCCCC(C)(S)CCCC.CCCCC(C)CCC(C)S.CCCCC(CC)CC(C)S.CCCCC(CC)CCCS.CCCCC(CCC)C(C)S.CCCCC(CCC)CCS.CCCCC(CS)CCCC.CCCC[C@H](C)CCCCS. The van der Waals surface area contributed by atoms with E-state index in [0.29, 0.717) is 20.5 Å². The molecule has 0 spiro atoms. The summed E-state index contributed by atoms with van der Waals surface area (Å²) in [7, 11) is 0. The van der Waals surface area contributed by atoms with Gasteiger partial charge in [0.25, 0.3) is 0 Å². The van der Waals surface area contributed by atoms with Gasteiger partial charge < -0.3 is 0 Å². The molecule has 0 heterocycles. The molecule has 9 atom stereocenters. The lowest BCUT2D eigenvalue weighted by Gasteiger charge is -2.22. The van der Waals surface area contributed by atoms with E-state index in [4.69, 9.17) is 0 Å². The summed E-state index contributed by atoms with van der Waals surface area (Å²) in [6, 6.07) is 0. The highest BCUT2D eigenvalue weighted by Crippen LogP contribution is 2.28. The number of thiol groups is 8. The summed E-state index contributed by atoms with van der Waals surface area (Å²) in [4.78, 5) is 0. The summed E-state index contributed by atoms with van der Waals surface area (Å²) >= 11 is 35.0. The summed E-state index contributed by atoms with van der Waals surface area (Å²) in [5, 5.41) is 1.75. The third-order valence-corrected chi connectivity index (χ3v) is 20.4. The Balaban J connectivity index is -0.000000139. The molecule has 0 aliphatic heterocycles. The second kappa shape index (κ2) is 91.9. The zero-order valence-electron chi connectivity index (χ0n) is 64.5. The second-order valence-electron chi connectivity index (χ2n) is 27.7. The predicted molar refractivity (Wildman–Crippen MR) is 451 cm³/mol. The monoisotopic (exact) mass is 1390 g/mol. The normalized spacial score (nSPS) is 14.0. The Labute approximate surface area is 608 Å². The molecule has 0 bridgehead atoms. The van der Waals surface area contributed by atoms with Crippen LogP contribution < -0.4 is 0 Å². The summed E-state index contributed by atoms with van der Waals surface area (Å²) in [5.74, 6) is 10.7. The fourth-order valence-corrected chi connectivity index (χ4v) is 13.1. The molecule has 0 rings (SSSR count). The summed E-state index contributed by atoms with van der Waals surface area (Å²) in [6.45, 7) is 45.3. The van der Waals surface area contributed by atoms with Gasteiger partial charge in [0.15, 0.2) is 0 Å². The third-order valence-electron chi connectivity index (χ3n) is 17.6. The zero-order chi connectivity index (χ0) is 68.9. The van der Waals surface area contributed by atoms with Gasteiger partial charge in [0.2, 0.25) is 0 Å². The smallest absolute Gasteiger partial charge is 0.0101 e. The molecule has 0 N–H and O–H groups in total. The van der Waals surface area contributed by atoms with Gasteiger partial charge in [0, 0.05) is 10.00 Å². The average molecular weight is 1390 g/mol. The Morgan fingerprint density at radius 3 is 0.977 bits per heavy atom. The van der Waals surface area contributed by atoms with Crippen LogP contribution in [0.25, 0.3) is 0 Å². The van der Waals surface area contributed by atoms with Crippen molar-refractivity contribution in [2.75, 3.05) is 23.0 Å². The molecule has 0 saturated heterocycles. The van der Waals surface area contributed by atoms with E-state index in [-0.39, 0.29) is 0 Å². The molecule has 8 unspecified atom stereocenters. The van der Waals surface area contributed by atoms with Crippen molar-refractivity contribution < 1.29 is 0 Å². The van der Waals surface area contributed by atoms with Gasteiger partial charge in [0.1, 0.15) is 0 Å². The first-order valence-electron chi connectivity index (χ1n) is 39.3. The fourth-order valence-electron chi connectivity index (χ4n) is 10.9. The molecule has 0 radical (unpaired) electrons. The first-order valence-corrected chi connectivity index (χ1v) is 43.8. The number of hydrogen-bond acceptors (Lipinski definition) is 8. The van der Waals surface area contributed by atoms with E-state index in [1.54, 1.807) is 0 Å². The maximum absolute atomic E-state index is 4.65. The molecule has 544 valence electrons. The van der Waals surface area contributed by atoms with Crippen LogP contribution in [0.2, 0.25) is 0 Å². The molecule has 0 aromatic rings. The number of hydrogen-bond donors (Lipinski definition) is 8. The van der Waals surface area contributed by atoms with Crippen LogP contribution in [0, 0.1) is 41.4 Å². The minimum Gasteiger partial charge on any atom is -0.179 e. The molecular formula is C80H176S8. The second-order valence-corrected chi connectivity index (χ2v) is 33.1. The van der Waals surface area contributed by atoms with E-state index >= 15 is 0 Å². The Kier molecular flexibility index (Phi) is 111. The molecule has 88 heavy (non-hydrogen) atoms. The van der Waals surface area contributed by atoms with Gasteiger partial charge in [-0.25, -0.2) is 0 Å². The Morgan fingerprint density at radius 1 is 0.284 bits per heavy atom. The van der Waals surface area contributed by atoms with Crippen molar-refractivity contribution >= 4 is 101 Å². The minimum atomic E-state index is 0.298. The van der Waals surface area contributed by atoms with Gasteiger partial charge in [-0.05, 0) is 158 Å². The summed E-state index contributed by atoms with van der Waals surface area (Å²) in [5.41, 5.74) is 0. The zero-order valence-corrected chi connectivity index (χ0v) is 71.7. The van der Waals surface area contributed by atoms with Crippen molar-refractivity contribution in [2.45, 2.75) is 448 Å².